The molecular weight excluding hydrogens is 541 g/mol. The fourth-order valence-electron chi connectivity index (χ4n) is 5.19. The molecule has 1 aromatic carbocycles. The first kappa shape index (κ1) is 31.4. The van der Waals surface area contributed by atoms with E-state index < -0.39 is 0 Å². The maximum atomic E-state index is 14.2. The first-order chi connectivity index (χ1) is 20.7. The topological polar surface area (TPSA) is 113 Å². The van der Waals surface area contributed by atoms with Crippen molar-refractivity contribution in [1.29, 1.82) is 0 Å². The Morgan fingerprint density at radius 1 is 1.19 bits per heavy atom. The fraction of sp³-hybridized carbons (Fsp3) is 0.324. The van der Waals surface area contributed by atoms with Gasteiger partial charge in [0.1, 0.15) is 5.82 Å². The second kappa shape index (κ2) is 15.1. The molecule has 3 aromatic rings. The molecular formula is C34H42FN7O. The normalized spacial score (nSPS) is 14.6. The lowest BCUT2D eigenvalue weighted by Gasteiger charge is -2.38. The summed E-state index contributed by atoms with van der Waals surface area (Å²) in [7, 11) is 0. The molecule has 8 nitrogen and oxygen atoms in total. The zero-order chi connectivity index (χ0) is 30.8. The summed E-state index contributed by atoms with van der Waals surface area (Å²) in [5, 5.41) is 2.91. The number of likely N-dealkylation sites (tertiary alicyclic amines) is 1. The van der Waals surface area contributed by atoms with Crippen molar-refractivity contribution < 1.29 is 9.18 Å². The van der Waals surface area contributed by atoms with Crippen LogP contribution in [0.5, 0.6) is 0 Å². The highest BCUT2D eigenvalue weighted by Crippen LogP contribution is 2.27. The molecule has 9 heteroatoms. The number of allylic oxidation sites excluding steroid dienone is 3. The van der Waals surface area contributed by atoms with E-state index in [0.717, 1.165) is 68.8 Å². The Kier molecular flexibility index (Phi) is 11.0. The monoisotopic (exact) mass is 583 g/mol. The summed E-state index contributed by atoms with van der Waals surface area (Å²) in [6.45, 7) is 10.2. The number of urea groups is 1. The van der Waals surface area contributed by atoms with Crippen LogP contribution in [0.3, 0.4) is 0 Å². The van der Waals surface area contributed by atoms with Gasteiger partial charge in [-0.15, -0.1) is 0 Å². The Bertz CT molecular complexity index is 1460. The molecule has 0 spiro atoms. The summed E-state index contributed by atoms with van der Waals surface area (Å²) >= 11 is 0. The Morgan fingerprint density at radius 3 is 2.63 bits per heavy atom. The van der Waals surface area contributed by atoms with E-state index in [2.05, 4.69) is 53.8 Å². The number of amides is 2. The second-order valence-corrected chi connectivity index (χ2v) is 10.8. The highest BCUT2D eigenvalue weighted by atomic mass is 19.1. The van der Waals surface area contributed by atoms with E-state index in [1.54, 1.807) is 29.2 Å². The number of carbonyl (C=O) groups is 1. The molecule has 0 saturated carbocycles. The van der Waals surface area contributed by atoms with Crippen LogP contribution in [-0.2, 0) is 13.0 Å². The molecule has 0 radical (unpaired) electrons. The summed E-state index contributed by atoms with van der Waals surface area (Å²) in [4.78, 5) is 26.7. The van der Waals surface area contributed by atoms with E-state index in [-0.39, 0.29) is 17.9 Å². The van der Waals surface area contributed by atoms with E-state index in [9.17, 15) is 9.18 Å². The molecule has 0 aliphatic carbocycles. The number of hydrogen-bond donors (Lipinski definition) is 3. The molecule has 0 atom stereocenters. The van der Waals surface area contributed by atoms with Crippen molar-refractivity contribution in [2.75, 3.05) is 23.3 Å². The van der Waals surface area contributed by atoms with Crippen molar-refractivity contribution >= 4 is 23.1 Å². The van der Waals surface area contributed by atoms with Gasteiger partial charge in [-0.2, -0.15) is 0 Å². The van der Waals surface area contributed by atoms with Crippen molar-refractivity contribution in [3.8, 4) is 0 Å². The molecule has 0 unspecified atom stereocenters. The van der Waals surface area contributed by atoms with Gasteiger partial charge in [0.05, 0.1) is 23.3 Å². The SMILES string of the molecule is C=C(N)c1ccc(NC(=O)N(c2cccc(F)c2)C2CCN(Cc3ccc(CC/C=C(N)\C=C/CC)nc3C)CC2)cn1. The molecule has 1 saturated heterocycles. The standard InChI is InChI=1S/C34H42FN7O/c1-4-5-9-28(37)10-7-11-29-14-13-26(25(3)39-29)23-41-19-17-31(18-20-41)42(32-12-6-8-27(35)21-32)34(43)40-30-15-16-33(24(2)36)38-22-30/h5-6,8-10,12-16,21-22,31H,2,4,7,11,17-20,23,36-37H2,1,3H3,(H,40,43)/b9-5-,28-10+. The smallest absolute Gasteiger partial charge is 0.326 e. The number of nitrogens with zero attached hydrogens (tertiary/aromatic N) is 4. The maximum absolute atomic E-state index is 14.2. The number of hydrogen-bond acceptors (Lipinski definition) is 6. The molecule has 1 fully saturated rings. The van der Waals surface area contributed by atoms with Gasteiger partial charge in [-0.1, -0.05) is 37.8 Å². The third-order valence-corrected chi connectivity index (χ3v) is 7.54. The van der Waals surface area contributed by atoms with Crippen LogP contribution in [-0.4, -0.2) is 40.0 Å². The molecule has 1 aliphatic heterocycles. The zero-order valence-corrected chi connectivity index (χ0v) is 25.1. The first-order valence-corrected chi connectivity index (χ1v) is 14.8. The summed E-state index contributed by atoms with van der Waals surface area (Å²) in [5.41, 5.74) is 17.7. The number of aromatic nitrogens is 2. The van der Waals surface area contributed by atoms with Gasteiger partial charge in [0.2, 0.25) is 0 Å². The minimum atomic E-state index is -0.389. The number of nitrogens with one attached hydrogen (secondary N) is 1. The summed E-state index contributed by atoms with van der Waals surface area (Å²) in [6, 6.07) is 13.4. The van der Waals surface area contributed by atoms with Gasteiger partial charge in [-0.05, 0) is 87.1 Å². The number of benzene rings is 1. The predicted octanol–water partition coefficient (Wildman–Crippen LogP) is 6.30. The largest absolute Gasteiger partial charge is 0.399 e. The van der Waals surface area contributed by atoms with E-state index >= 15 is 0 Å². The number of carbonyl (C=O) groups excluding carboxylic acids is 1. The number of nitrogens with two attached hydrogens (primary N) is 2. The Hall–Kier alpha value is -4.50. The summed E-state index contributed by atoms with van der Waals surface area (Å²) < 4.78 is 14.2. The number of halogens is 1. The molecule has 2 aromatic heterocycles. The van der Waals surface area contributed by atoms with Gasteiger partial charge in [-0.25, -0.2) is 9.18 Å². The van der Waals surface area contributed by atoms with E-state index in [1.807, 2.05) is 12.2 Å². The van der Waals surface area contributed by atoms with Crippen LogP contribution in [0.4, 0.5) is 20.6 Å². The Balaban J connectivity index is 1.38. The van der Waals surface area contributed by atoms with Gasteiger partial charge in [0.25, 0.3) is 0 Å². The molecule has 43 heavy (non-hydrogen) atoms. The number of piperidine rings is 1. The van der Waals surface area contributed by atoms with Crippen LogP contribution in [0.2, 0.25) is 0 Å². The molecule has 3 heterocycles. The highest BCUT2D eigenvalue weighted by Gasteiger charge is 2.30. The van der Waals surface area contributed by atoms with Crippen molar-refractivity contribution in [1.82, 2.24) is 14.9 Å². The minimum Gasteiger partial charge on any atom is -0.399 e. The number of aryl methyl sites for hydroxylation is 2. The van der Waals surface area contributed by atoms with Crippen molar-refractivity contribution in [2.24, 2.45) is 11.5 Å². The fourth-order valence-corrected chi connectivity index (χ4v) is 5.19. The Labute approximate surface area is 254 Å². The van der Waals surface area contributed by atoms with Crippen molar-refractivity contribution in [2.45, 2.75) is 58.5 Å². The van der Waals surface area contributed by atoms with E-state index in [1.165, 1.54) is 23.9 Å². The molecule has 2 amide bonds. The lowest BCUT2D eigenvalue weighted by molar-refractivity contribution is 0.199. The molecule has 1 aliphatic rings. The quantitative estimate of drug-likeness (QED) is 0.228. The summed E-state index contributed by atoms with van der Waals surface area (Å²) in [5.74, 6) is -0.389. The van der Waals surface area contributed by atoms with E-state index in [0.29, 0.717) is 22.8 Å². The average molecular weight is 584 g/mol. The first-order valence-electron chi connectivity index (χ1n) is 14.8. The maximum Gasteiger partial charge on any atom is 0.326 e. The van der Waals surface area contributed by atoms with Gasteiger partial charge < -0.3 is 16.8 Å². The lowest BCUT2D eigenvalue weighted by atomic mass is 10.0. The van der Waals surface area contributed by atoms with Crippen LogP contribution < -0.4 is 21.7 Å². The number of pyridine rings is 2. The molecule has 4 rings (SSSR count). The zero-order valence-electron chi connectivity index (χ0n) is 25.1. The average Bonchev–Trinajstić information content (AvgIpc) is 2.99. The van der Waals surface area contributed by atoms with Crippen molar-refractivity contribution in [3.63, 3.8) is 0 Å². The third kappa shape index (κ3) is 8.99. The van der Waals surface area contributed by atoms with E-state index in [4.69, 9.17) is 16.5 Å². The van der Waals surface area contributed by atoms with Crippen LogP contribution in [0.15, 0.2) is 85.2 Å². The van der Waals surface area contributed by atoms with Crippen LogP contribution in [0, 0.1) is 12.7 Å². The summed E-state index contributed by atoms with van der Waals surface area (Å²) in [6.07, 6.45) is 11.7. The molecule has 0 bridgehead atoms. The lowest BCUT2D eigenvalue weighted by Crippen LogP contribution is -2.49. The second-order valence-electron chi connectivity index (χ2n) is 10.8. The highest BCUT2D eigenvalue weighted by molar-refractivity contribution is 6.02. The van der Waals surface area contributed by atoms with Gasteiger partial charge in [0, 0.05) is 48.4 Å². The van der Waals surface area contributed by atoms with Gasteiger partial charge >= 0.3 is 6.03 Å². The third-order valence-electron chi connectivity index (χ3n) is 7.54. The Morgan fingerprint density at radius 2 is 1.98 bits per heavy atom. The van der Waals surface area contributed by atoms with Crippen LogP contribution >= 0.6 is 0 Å². The number of anilines is 2. The number of rotatable bonds is 11. The van der Waals surface area contributed by atoms with Crippen molar-refractivity contribution in [3.05, 3.63) is 114 Å². The van der Waals surface area contributed by atoms with Crippen LogP contribution in [0.1, 0.15) is 55.3 Å². The van der Waals surface area contributed by atoms with Gasteiger partial charge in [-0.3, -0.25) is 19.8 Å². The molecule has 5 N–H and O–H groups in total. The van der Waals surface area contributed by atoms with Crippen LogP contribution in [0.25, 0.3) is 5.70 Å². The molecule has 226 valence electrons. The minimum absolute atomic E-state index is 0.0941. The van der Waals surface area contributed by atoms with Gasteiger partial charge in [0.15, 0.2) is 0 Å². The predicted molar refractivity (Wildman–Crippen MR) is 173 cm³/mol.